The van der Waals surface area contributed by atoms with Gasteiger partial charge in [-0.1, -0.05) is 48.0 Å². The van der Waals surface area contributed by atoms with Crippen molar-refractivity contribution in [1.82, 2.24) is 10.2 Å². The number of carboxylic acid groups (broad SMARTS) is 1. The predicted octanol–water partition coefficient (Wildman–Crippen LogP) is 2.54. The number of amides is 1. The Morgan fingerprint density at radius 3 is 1.89 bits per heavy atom. The monoisotopic (exact) mass is 386 g/mol. The van der Waals surface area contributed by atoms with Crippen molar-refractivity contribution in [2.45, 2.75) is 79.0 Å². The molecule has 0 aromatic heterocycles. The Labute approximate surface area is 163 Å². The zero-order chi connectivity index (χ0) is 21.3. The van der Waals surface area contributed by atoms with Crippen molar-refractivity contribution in [2.24, 2.45) is 17.8 Å². The first-order chi connectivity index (χ1) is 12.4. The van der Waals surface area contributed by atoms with Crippen molar-refractivity contribution in [3.63, 3.8) is 0 Å². The molecule has 0 spiro atoms. The van der Waals surface area contributed by atoms with Gasteiger partial charge in [-0.25, -0.2) is 4.79 Å². The molecule has 0 heterocycles. The Morgan fingerprint density at radius 1 is 1.00 bits per heavy atom. The van der Waals surface area contributed by atoms with Crippen LogP contribution in [-0.4, -0.2) is 60.1 Å². The summed E-state index contributed by atoms with van der Waals surface area (Å²) in [6.45, 7) is 11.6. The second-order valence-electron chi connectivity index (χ2n) is 8.38. The molecule has 0 aliphatic carbocycles. The molecule has 0 rings (SSSR count). The summed E-state index contributed by atoms with van der Waals surface area (Å²) in [5, 5.41) is 11.9. The van der Waals surface area contributed by atoms with Crippen molar-refractivity contribution in [3.05, 3.63) is 0 Å². The van der Waals surface area contributed by atoms with Crippen LogP contribution in [-0.2, 0) is 19.1 Å². The number of rotatable bonds is 12. The number of hydrogen-bond donors (Lipinski definition) is 2. The number of carbonyl (C=O) groups excluding carboxylic acids is 2. The highest BCUT2D eigenvalue weighted by Gasteiger charge is 2.33. The summed E-state index contributed by atoms with van der Waals surface area (Å²) >= 11 is 0. The number of likely N-dealkylation sites (N-methyl/N-ethyl adjacent to an activating group) is 1. The van der Waals surface area contributed by atoms with E-state index in [1.807, 2.05) is 41.5 Å². The molecular formula is C20H38N2O5. The lowest BCUT2D eigenvalue weighted by Gasteiger charge is -2.30. The average Bonchev–Trinajstić information content (AvgIpc) is 2.51. The third kappa shape index (κ3) is 9.22. The van der Waals surface area contributed by atoms with Gasteiger partial charge in [-0.05, 0) is 44.7 Å². The lowest BCUT2D eigenvalue weighted by atomic mass is 9.98. The molecule has 0 aromatic carbocycles. The summed E-state index contributed by atoms with van der Waals surface area (Å²) in [6, 6.07) is -1.45. The second-order valence-corrected chi connectivity index (χ2v) is 8.38. The highest BCUT2D eigenvalue weighted by atomic mass is 16.5. The van der Waals surface area contributed by atoms with Crippen LogP contribution in [0.3, 0.4) is 0 Å². The first kappa shape index (κ1) is 25.4. The van der Waals surface area contributed by atoms with E-state index in [0.29, 0.717) is 12.8 Å². The molecule has 0 unspecified atom stereocenters. The number of esters is 1. The van der Waals surface area contributed by atoms with Gasteiger partial charge in [0.15, 0.2) is 6.10 Å². The minimum absolute atomic E-state index is 0.0722. The predicted molar refractivity (Wildman–Crippen MR) is 105 cm³/mol. The number of ether oxygens (including phenoxy) is 1. The largest absolute Gasteiger partial charge is 0.480 e. The number of carbonyl (C=O) groups is 3. The number of carboxylic acids is 1. The Morgan fingerprint density at radius 2 is 1.52 bits per heavy atom. The summed E-state index contributed by atoms with van der Waals surface area (Å²) in [7, 11) is 3.61. The van der Waals surface area contributed by atoms with Crippen molar-refractivity contribution >= 4 is 17.8 Å². The first-order valence-electron chi connectivity index (χ1n) is 9.80. The molecule has 27 heavy (non-hydrogen) atoms. The maximum atomic E-state index is 12.7. The molecule has 0 aliphatic rings. The van der Waals surface area contributed by atoms with Crippen LogP contribution >= 0.6 is 0 Å². The van der Waals surface area contributed by atoms with Gasteiger partial charge in [0.25, 0.3) is 5.91 Å². The van der Waals surface area contributed by atoms with Crippen LogP contribution in [0.2, 0.25) is 0 Å². The summed E-state index contributed by atoms with van der Waals surface area (Å²) in [6.07, 6.45) is 0.454. The summed E-state index contributed by atoms with van der Waals surface area (Å²) in [5.41, 5.74) is 0. The summed E-state index contributed by atoms with van der Waals surface area (Å²) in [4.78, 5) is 38.6. The van der Waals surface area contributed by atoms with Crippen LogP contribution in [0.1, 0.15) is 60.8 Å². The Balaban J connectivity index is 5.32. The molecule has 0 aliphatic heterocycles. The van der Waals surface area contributed by atoms with Gasteiger partial charge >= 0.3 is 11.9 Å². The molecule has 0 bridgehead atoms. The summed E-state index contributed by atoms with van der Waals surface area (Å²) in [5.74, 6) is -1.79. The molecule has 0 aromatic rings. The molecule has 0 saturated heterocycles. The minimum atomic E-state index is -1.09. The molecule has 0 radical (unpaired) electrons. The van der Waals surface area contributed by atoms with Crippen molar-refractivity contribution < 1.29 is 24.2 Å². The first-order valence-corrected chi connectivity index (χ1v) is 9.80. The third-order valence-electron chi connectivity index (χ3n) is 4.54. The normalized spacial score (nSPS) is 16.1. The second kappa shape index (κ2) is 12.0. The summed E-state index contributed by atoms with van der Waals surface area (Å²) < 4.78 is 5.57. The molecular weight excluding hydrogens is 348 g/mol. The smallest absolute Gasteiger partial charge is 0.326 e. The zero-order valence-corrected chi connectivity index (χ0v) is 18.1. The number of aliphatic carboxylic acids is 1. The number of nitrogens with one attached hydrogen (secondary N) is 1. The lowest BCUT2D eigenvalue weighted by Crippen LogP contribution is -2.50. The van der Waals surface area contributed by atoms with E-state index in [2.05, 4.69) is 5.32 Å². The molecule has 4 atom stereocenters. The van der Waals surface area contributed by atoms with Gasteiger partial charge in [0, 0.05) is 0 Å². The molecule has 0 saturated carbocycles. The zero-order valence-electron chi connectivity index (χ0n) is 18.1. The van der Waals surface area contributed by atoms with Crippen molar-refractivity contribution in [1.29, 1.82) is 0 Å². The van der Waals surface area contributed by atoms with Crippen LogP contribution in [0.5, 0.6) is 0 Å². The van der Waals surface area contributed by atoms with Gasteiger partial charge in [0.1, 0.15) is 12.1 Å². The fourth-order valence-corrected chi connectivity index (χ4v) is 2.98. The minimum Gasteiger partial charge on any atom is -0.480 e. The average molecular weight is 387 g/mol. The van der Waals surface area contributed by atoms with E-state index in [9.17, 15) is 19.5 Å². The van der Waals surface area contributed by atoms with E-state index in [1.54, 1.807) is 19.0 Å². The number of hydrogen-bond acceptors (Lipinski definition) is 5. The van der Waals surface area contributed by atoms with Crippen LogP contribution in [0.4, 0.5) is 0 Å². The highest BCUT2D eigenvalue weighted by molar-refractivity contribution is 5.88. The van der Waals surface area contributed by atoms with E-state index in [-0.39, 0.29) is 17.8 Å². The standard InChI is InChI=1S/C20H38N2O5/c1-9-14(6)17(22(7)8)20(26)27-16(11-13(4)5)18(23)21-15(19(24)25)10-12(2)3/h12-17H,9-11H2,1-8H3,(H,21,23)(H,24,25)/t14-,15-,16-,17-/m0/s1. The van der Waals surface area contributed by atoms with Crippen LogP contribution in [0, 0.1) is 17.8 Å². The van der Waals surface area contributed by atoms with E-state index in [0.717, 1.165) is 6.42 Å². The molecule has 7 nitrogen and oxygen atoms in total. The Bertz CT molecular complexity index is 491. The fraction of sp³-hybridized carbons (Fsp3) is 0.850. The quantitative estimate of drug-likeness (QED) is 0.501. The van der Waals surface area contributed by atoms with Gasteiger partial charge in [0.2, 0.25) is 0 Å². The Kier molecular flexibility index (Phi) is 11.2. The SMILES string of the molecule is CC[C@H](C)[C@@H](C(=O)O[C@@H](CC(C)C)C(=O)N[C@@H](CC(C)C)C(=O)O)N(C)C. The van der Waals surface area contributed by atoms with Crippen molar-refractivity contribution in [3.8, 4) is 0 Å². The topological polar surface area (TPSA) is 95.9 Å². The maximum Gasteiger partial charge on any atom is 0.326 e. The lowest BCUT2D eigenvalue weighted by molar-refractivity contribution is -0.163. The Hall–Kier alpha value is -1.63. The van der Waals surface area contributed by atoms with E-state index in [1.165, 1.54) is 0 Å². The van der Waals surface area contributed by atoms with Crippen LogP contribution < -0.4 is 5.32 Å². The van der Waals surface area contributed by atoms with E-state index < -0.39 is 36.0 Å². The maximum absolute atomic E-state index is 12.7. The molecule has 0 fully saturated rings. The van der Waals surface area contributed by atoms with Gasteiger partial charge in [0.05, 0.1) is 0 Å². The van der Waals surface area contributed by atoms with E-state index >= 15 is 0 Å². The molecule has 7 heteroatoms. The molecule has 1 amide bonds. The highest BCUT2D eigenvalue weighted by Crippen LogP contribution is 2.17. The molecule has 2 N–H and O–H groups in total. The molecule has 158 valence electrons. The number of nitrogens with zero attached hydrogens (tertiary/aromatic N) is 1. The van der Waals surface area contributed by atoms with Gasteiger partial charge in [-0.2, -0.15) is 0 Å². The fourth-order valence-electron chi connectivity index (χ4n) is 2.98. The van der Waals surface area contributed by atoms with Crippen molar-refractivity contribution in [2.75, 3.05) is 14.1 Å². The van der Waals surface area contributed by atoms with Crippen LogP contribution in [0.25, 0.3) is 0 Å². The van der Waals surface area contributed by atoms with Crippen LogP contribution in [0.15, 0.2) is 0 Å². The third-order valence-corrected chi connectivity index (χ3v) is 4.54. The van der Waals surface area contributed by atoms with Gasteiger partial charge in [-0.15, -0.1) is 0 Å². The van der Waals surface area contributed by atoms with Gasteiger partial charge in [-0.3, -0.25) is 14.5 Å². The van der Waals surface area contributed by atoms with Gasteiger partial charge < -0.3 is 15.2 Å². The van der Waals surface area contributed by atoms with E-state index in [4.69, 9.17) is 4.74 Å².